The molecule has 0 atom stereocenters. The summed E-state index contributed by atoms with van der Waals surface area (Å²) in [5, 5.41) is 8.28. The van der Waals surface area contributed by atoms with Gasteiger partial charge in [0.05, 0.1) is 42.0 Å². The van der Waals surface area contributed by atoms with Crippen LogP contribution in [0.2, 0.25) is 0 Å². The number of imidazole rings is 1. The van der Waals surface area contributed by atoms with Crippen LogP contribution in [0, 0.1) is 6.92 Å². The molecule has 11 heteroatoms. The van der Waals surface area contributed by atoms with E-state index in [0.29, 0.717) is 26.3 Å². The fourth-order valence-corrected chi connectivity index (χ4v) is 5.39. The first-order valence-corrected chi connectivity index (χ1v) is 12.7. The summed E-state index contributed by atoms with van der Waals surface area (Å²) in [6.07, 6.45) is 6.71. The van der Waals surface area contributed by atoms with E-state index in [1.54, 1.807) is 4.90 Å². The molecule has 6 rings (SSSR count). The lowest BCUT2D eigenvalue weighted by Crippen LogP contribution is -2.37. The van der Waals surface area contributed by atoms with Gasteiger partial charge in [-0.3, -0.25) is 14.4 Å². The third-order valence-corrected chi connectivity index (χ3v) is 7.08. The second-order valence-electron chi connectivity index (χ2n) is 8.77. The Morgan fingerprint density at radius 2 is 2.00 bits per heavy atom. The van der Waals surface area contributed by atoms with Gasteiger partial charge in [0.15, 0.2) is 11.5 Å². The fourth-order valence-electron chi connectivity index (χ4n) is 4.96. The van der Waals surface area contributed by atoms with Crippen molar-refractivity contribution in [1.82, 2.24) is 29.5 Å². The quantitative estimate of drug-likeness (QED) is 0.433. The predicted octanol–water partition coefficient (Wildman–Crippen LogP) is 2.15. The molecule has 3 aromatic heterocycles. The number of hydrogen-bond acceptors (Lipinski definition) is 7. The van der Waals surface area contributed by atoms with Gasteiger partial charge in [0, 0.05) is 43.3 Å². The summed E-state index contributed by atoms with van der Waals surface area (Å²) in [7, 11) is -2.20. The molecular weight excluding hydrogens is 466 g/mol. The minimum absolute atomic E-state index is 0.540. The Kier molecular flexibility index (Phi) is 5.59. The van der Waals surface area contributed by atoms with Crippen molar-refractivity contribution in [1.29, 1.82) is 0 Å². The molecule has 2 aliphatic rings. The number of benzene rings is 1. The molecule has 0 saturated carbocycles. The highest BCUT2D eigenvalue weighted by atomic mass is 32.2. The Morgan fingerprint density at radius 3 is 2.77 bits per heavy atom. The minimum atomic E-state index is -2.20. The molecule has 0 amide bonds. The van der Waals surface area contributed by atoms with Crippen molar-refractivity contribution in [3.05, 3.63) is 48.1 Å². The Hall–Kier alpha value is -3.54. The predicted molar refractivity (Wildman–Crippen MR) is 135 cm³/mol. The fraction of sp³-hybridized carbons (Fsp3) is 0.333. The van der Waals surface area contributed by atoms with Gasteiger partial charge in [0.2, 0.25) is 10.3 Å². The van der Waals surface area contributed by atoms with Crippen LogP contribution in [-0.4, -0.2) is 82.8 Å². The van der Waals surface area contributed by atoms with Gasteiger partial charge in [0.25, 0.3) is 0 Å². The van der Waals surface area contributed by atoms with Crippen LogP contribution in [-0.2, 0) is 15.0 Å². The number of aromatic amines is 1. The van der Waals surface area contributed by atoms with Crippen LogP contribution >= 0.6 is 0 Å². The van der Waals surface area contributed by atoms with Crippen molar-refractivity contribution in [3.63, 3.8) is 0 Å². The van der Waals surface area contributed by atoms with Crippen LogP contribution in [0.1, 0.15) is 17.8 Å². The van der Waals surface area contributed by atoms with Crippen LogP contribution in [0.5, 0.6) is 0 Å². The first-order chi connectivity index (χ1) is 17.1. The van der Waals surface area contributed by atoms with Crippen LogP contribution in [0.4, 0.5) is 5.82 Å². The molecule has 35 heavy (non-hydrogen) atoms. The van der Waals surface area contributed by atoms with Gasteiger partial charge in [-0.2, -0.15) is 13.5 Å². The topological polar surface area (TPSA) is 109 Å². The van der Waals surface area contributed by atoms with Gasteiger partial charge in [-0.05, 0) is 25.0 Å². The van der Waals surface area contributed by atoms with E-state index in [9.17, 15) is 8.42 Å². The molecule has 1 aromatic carbocycles. The number of aryl methyl sites for hydroxylation is 1. The number of nitrogens with zero attached hydrogens (tertiary/aromatic N) is 6. The second-order valence-corrected chi connectivity index (χ2v) is 9.50. The molecule has 0 unspecified atom stereocenters. The number of anilines is 1. The largest absolute Gasteiger partial charge is 0.378 e. The minimum Gasteiger partial charge on any atom is -0.378 e. The number of H-pyrrole nitrogens is 1. The van der Waals surface area contributed by atoms with Crippen molar-refractivity contribution in [2.45, 2.75) is 13.3 Å². The van der Waals surface area contributed by atoms with Crippen molar-refractivity contribution < 1.29 is 13.2 Å². The van der Waals surface area contributed by atoms with Crippen molar-refractivity contribution in [2.75, 3.05) is 44.3 Å². The number of hydrogen-bond donors (Lipinski definition) is 1. The average Bonchev–Trinajstić information content (AvgIpc) is 3.48. The number of ether oxygens (including phenoxy) is 1. The molecule has 1 N–H and O–H groups in total. The summed E-state index contributed by atoms with van der Waals surface area (Å²) >= 11 is 0. The lowest BCUT2D eigenvalue weighted by Gasteiger charge is -2.28. The van der Waals surface area contributed by atoms with E-state index in [2.05, 4.69) is 37.8 Å². The standard InChI is InChI=1S/C24H25N7O3S/c1-16-22(17-5-7-29(8-6-17)15-35(32)33)31-14-21(18-3-2-4-20-19(18)13-25-28-20)27-23(24(31)26-16)30-9-11-34-12-10-30/h2-5,13-15H,6-12H2,1H3,(H,25,28). The summed E-state index contributed by atoms with van der Waals surface area (Å²) < 4.78 is 29.9. The summed E-state index contributed by atoms with van der Waals surface area (Å²) in [5.74, 6) is 0.841. The molecule has 1 saturated heterocycles. The zero-order valence-corrected chi connectivity index (χ0v) is 20.1. The molecule has 5 heterocycles. The van der Waals surface area contributed by atoms with E-state index < -0.39 is 10.3 Å². The monoisotopic (exact) mass is 491 g/mol. The maximum Gasteiger partial charge on any atom is 0.225 e. The molecule has 4 aromatic rings. The van der Waals surface area contributed by atoms with E-state index in [-0.39, 0.29) is 0 Å². The van der Waals surface area contributed by atoms with Gasteiger partial charge in [-0.15, -0.1) is 0 Å². The molecule has 0 spiro atoms. The van der Waals surface area contributed by atoms with Crippen LogP contribution in [0.3, 0.4) is 0 Å². The Morgan fingerprint density at radius 1 is 1.14 bits per heavy atom. The Bertz CT molecular complexity index is 1590. The van der Waals surface area contributed by atoms with Gasteiger partial charge in [0.1, 0.15) is 5.49 Å². The van der Waals surface area contributed by atoms with Crippen molar-refractivity contribution in [3.8, 4) is 11.3 Å². The molecule has 1 fully saturated rings. The maximum atomic E-state index is 11.1. The Labute approximate surface area is 203 Å². The van der Waals surface area contributed by atoms with Crippen molar-refractivity contribution in [2.24, 2.45) is 0 Å². The summed E-state index contributed by atoms with van der Waals surface area (Å²) in [6.45, 7) is 6.01. The van der Waals surface area contributed by atoms with Gasteiger partial charge < -0.3 is 9.64 Å². The second kappa shape index (κ2) is 8.91. The third-order valence-electron chi connectivity index (χ3n) is 6.61. The highest BCUT2D eigenvalue weighted by Gasteiger charge is 2.24. The number of nitrogens with one attached hydrogen (secondary N) is 1. The molecule has 180 valence electrons. The summed E-state index contributed by atoms with van der Waals surface area (Å²) in [5.41, 5.74) is 8.00. The first-order valence-electron chi connectivity index (χ1n) is 11.6. The smallest absolute Gasteiger partial charge is 0.225 e. The lowest BCUT2D eigenvalue weighted by molar-refractivity contribution is 0.122. The summed E-state index contributed by atoms with van der Waals surface area (Å²) in [4.78, 5) is 14.1. The van der Waals surface area contributed by atoms with E-state index in [4.69, 9.17) is 14.7 Å². The van der Waals surface area contributed by atoms with Gasteiger partial charge in [-0.25, -0.2) is 9.97 Å². The van der Waals surface area contributed by atoms with Crippen LogP contribution in [0.25, 0.3) is 33.4 Å². The average molecular weight is 492 g/mol. The lowest BCUT2D eigenvalue weighted by atomic mass is 10.0. The van der Waals surface area contributed by atoms with E-state index in [0.717, 1.165) is 70.1 Å². The molecule has 0 radical (unpaired) electrons. The molecule has 10 nitrogen and oxygen atoms in total. The van der Waals surface area contributed by atoms with Crippen LogP contribution < -0.4 is 4.90 Å². The first kappa shape index (κ1) is 22.0. The summed E-state index contributed by atoms with van der Waals surface area (Å²) in [6, 6.07) is 6.07. The molecular formula is C24H25N7O3S. The third kappa shape index (κ3) is 4.01. The SMILES string of the molecule is Cc1nc2c(N3CCOCC3)nc(-c3cccc4[nH]ncc34)cn2c1C1=CCN(C=S(=O)=O)CC1. The molecule has 0 bridgehead atoms. The number of aromatic nitrogens is 5. The highest BCUT2D eigenvalue weighted by Crippen LogP contribution is 2.34. The van der Waals surface area contributed by atoms with E-state index in [1.165, 1.54) is 5.49 Å². The van der Waals surface area contributed by atoms with E-state index in [1.807, 2.05) is 25.3 Å². The zero-order chi connectivity index (χ0) is 23.9. The Balaban J connectivity index is 1.54. The van der Waals surface area contributed by atoms with Gasteiger partial charge in [-0.1, -0.05) is 18.2 Å². The number of fused-ring (bicyclic) bond motifs is 2. The maximum absolute atomic E-state index is 11.1. The number of rotatable bonds is 4. The molecule has 2 aliphatic heterocycles. The van der Waals surface area contributed by atoms with Gasteiger partial charge >= 0.3 is 0 Å². The molecule has 0 aliphatic carbocycles. The number of morpholine rings is 1. The highest BCUT2D eigenvalue weighted by molar-refractivity contribution is 7.71. The zero-order valence-electron chi connectivity index (χ0n) is 19.3. The van der Waals surface area contributed by atoms with Crippen molar-refractivity contribution >= 4 is 43.7 Å². The normalized spacial score (nSPS) is 17.2. The van der Waals surface area contributed by atoms with E-state index >= 15 is 0 Å². The van der Waals surface area contributed by atoms with Crippen LogP contribution in [0.15, 0.2) is 36.7 Å².